The van der Waals surface area contributed by atoms with Crippen LogP contribution in [0, 0.1) is 0 Å². The minimum absolute atomic E-state index is 0.115. The molecule has 9 heteroatoms. The van der Waals surface area contributed by atoms with Crippen LogP contribution in [0.3, 0.4) is 0 Å². The number of nitrogens with one attached hydrogen (secondary N) is 1. The number of amides is 1. The Kier molecular flexibility index (Phi) is 5.47. The molecule has 24 heavy (non-hydrogen) atoms. The summed E-state index contributed by atoms with van der Waals surface area (Å²) in [7, 11) is -0.642. The fourth-order valence-corrected chi connectivity index (χ4v) is 2.82. The van der Waals surface area contributed by atoms with Crippen LogP contribution in [0.1, 0.15) is 10.4 Å². The minimum atomic E-state index is -3.52. The lowest BCUT2D eigenvalue weighted by Gasteiger charge is -2.11. The molecule has 2 rings (SSSR count). The molecule has 0 aliphatic heterocycles. The minimum Gasteiger partial charge on any atom is -0.350 e. The summed E-state index contributed by atoms with van der Waals surface area (Å²) in [4.78, 5) is 23.6. The Hall–Kier alpha value is -2.52. The van der Waals surface area contributed by atoms with Crippen molar-refractivity contribution in [3.05, 3.63) is 58.5 Å². The third-order valence-electron chi connectivity index (χ3n) is 3.29. The van der Waals surface area contributed by atoms with Gasteiger partial charge in [-0.3, -0.25) is 9.59 Å². The van der Waals surface area contributed by atoms with Gasteiger partial charge in [0.05, 0.1) is 11.4 Å². The van der Waals surface area contributed by atoms with Crippen molar-refractivity contribution in [3.63, 3.8) is 0 Å². The normalized spacial score (nSPS) is 11.5. The third kappa shape index (κ3) is 4.06. The summed E-state index contributed by atoms with van der Waals surface area (Å²) in [5, 5.41) is 6.54. The zero-order valence-corrected chi connectivity index (χ0v) is 14.2. The molecule has 0 unspecified atom stereocenters. The predicted octanol–water partition coefficient (Wildman–Crippen LogP) is -0.0764. The van der Waals surface area contributed by atoms with Crippen LogP contribution in [0.5, 0.6) is 0 Å². The lowest BCUT2D eigenvalue weighted by molar-refractivity contribution is 0.0951. The monoisotopic (exact) mass is 350 g/mol. The zero-order chi connectivity index (χ0) is 17.7. The number of hydrogen-bond acceptors (Lipinski definition) is 5. The summed E-state index contributed by atoms with van der Waals surface area (Å²) < 4.78 is 26.3. The second kappa shape index (κ2) is 7.37. The largest absolute Gasteiger partial charge is 0.350 e. The summed E-state index contributed by atoms with van der Waals surface area (Å²) in [6.45, 7) is 0.478. The molecular weight excluding hydrogens is 332 g/mol. The van der Waals surface area contributed by atoms with Gasteiger partial charge in [-0.2, -0.15) is 5.10 Å². The molecule has 0 fully saturated rings. The Balaban J connectivity index is 1.98. The van der Waals surface area contributed by atoms with E-state index in [0.29, 0.717) is 5.56 Å². The third-order valence-corrected chi connectivity index (χ3v) is 5.12. The van der Waals surface area contributed by atoms with Crippen molar-refractivity contribution in [2.75, 3.05) is 20.6 Å². The van der Waals surface area contributed by atoms with Crippen molar-refractivity contribution in [3.8, 4) is 0 Å². The molecule has 1 amide bonds. The topological polar surface area (TPSA) is 101 Å². The number of nitrogens with zero attached hydrogens (tertiary/aromatic N) is 3. The van der Waals surface area contributed by atoms with E-state index in [4.69, 9.17) is 0 Å². The van der Waals surface area contributed by atoms with Crippen LogP contribution in [-0.4, -0.2) is 49.1 Å². The maximum Gasteiger partial charge on any atom is 0.266 e. The Morgan fingerprint density at radius 2 is 1.88 bits per heavy atom. The second-order valence-corrected chi connectivity index (χ2v) is 7.30. The van der Waals surface area contributed by atoms with E-state index in [1.807, 2.05) is 0 Å². The van der Waals surface area contributed by atoms with Crippen molar-refractivity contribution in [1.29, 1.82) is 0 Å². The maximum atomic E-state index is 12.0. The SMILES string of the molecule is CN(C)S(=O)(=O)c1ccc(C(=O)NCCn2ncccc2=O)cc1. The van der Waals surface area contributed by atoms with Crippen LogP contribution in [-0.2, 0) is 16.6 Å². The molecule has 1 heterocycles. The van der Waals surface area contributed by atoms with E-state index in [1.165, 1.54) is 55.3 Å². The second-order valence-electron chi connectivity index (χ2n) is 5.15. The van der Waals surface area contributed by atoms with E-state index in [0.717, 1.165) is 4.31 Å². The van der Waals surface area contributed by atoms with Crippen LogP contribution in [0.15, 0.2) is 52.3 Å². The van der Waals surface area contributed by atoms with Crippen LogP contribution in [0.25, 0.3) is 0 Å². The van der Waals surface area contributed by atoms with Gasteiger partial charge in [0.25, 0.3) is 11.5 Å². The molecule has 2 aromatic rings. The van der Waals surface area contributed by atoms with Gasteiger partial charge in [-0.1, -0.05) is 0 Å². The quantitative estimate of drug-likeness (QED) is 0.785. The molecule has 0 atom stereocenters. The number of rotatable bonds is 6. The number of carbonyl (C=O) groups is 1. The molecular formula is C15H18N4O4S. The highest BCUT2D eigenvalue weighted by molar-refractivity contribution is 7.89. The highest BCUT2D eigenvalue weighted by atomic mass is 32.2. The van der Waals surface area contributed by atoms with Crippen molar-refractivity contribution in [1.82, 2.24) is 19.4 Å². The van der Waals surface area contributed by atoms with Crippen LogP contribution in [0.4, 0.5) is 0 Å². The van der Waals surface area contributed by atoms with Gasteiger partial charge in [0.15, 0.2) is 0 Å². The smallest absolute Gasteiger partial charge is 0.266 e. The zero-order valence-electron chi connectivity index (χ0n) is 13.3. The molecule has 1 aromatic carbocycles. The van der Waals surface area contributed by atoms with Gasteiger partial charge in [0, 0.05) is 38.5 Å². The molecule has 0 aliphatic carbocycles. The van der Waals surface area contributed by atoms with Gasteiger partial charge < -0.3 is 5.32 Å². The first kappa shape index (κ1) is 17.8. The summed E-state index contributed by atoms with van der Waals surface area (Å²) >= 11 is 0. The number of benzene rings is 1. The number of carbonyl (C=O) groups excluding carboxylic acids is 1. The van der Waals surface area contributed by atoms with E-state index < -0.39 is 10.0 Å². The number of hydrogen-bond donors (Lipinski definition) is 1. The lowest BCUT2D eigenvalue weighted by Crippen LogP contribution is -2.31. The number of sulfonamides is 1. The first-order valence-electron chi connectivity index (χ1n) is 7.15. The average Bonchev–Trinajstić information content (AvgIpc) is 2.56. The van der Waals surface area contributed by atoms with Gasteiger partial charge in [0.1, 0.15) is 0 Å². The average molecular weight is 350 g/mol. The van der Waals surface area contributed by atoms with Gasteiger partial charge in [-0.25, -0.2) is 17.4 Å². The van der Waals surface area contributed by atoms with Crippen molar-refractivity contribution in [2.24, 2.45) is 0 Å². The predicted molar refractivity (Wildman–Crippen MR) is 88.1 cm³/mol. The molecule has 128 valence electrons. The fourth-order valence-electron chi connectivity index (χ4n) is 1.92. The van der Waals surface area contributed by atoms with E-state index in [1.54, 1.807) is 6.07 Å². The van der Waals surface area contributed by atoms with Crippen LogP contribution in [0.2, 0.25) is 0 Å². The Morgan fingerprint density at radius 1 is 1.21 bits per heavy atom. The van der Waals surface area contributed by atoms with Crippen LogP contribution >= 0.6 is 0 Å². The van der Waals surface area contributed by atoms with E-state index in [2.05, 4.69) is 10.4 Å². The van der Waals surface area contributed by atoms with E-state index >= 15 is 0 Å². The van der Waals surface area contributed by atoms with Gasteiger partial charge in [-0.15, -0.1) is 0 Å². The lowest BCUT2D eigenvalue weighted by atomic mass is 10.2. The molecule has 0 saturated heterocycles. The molecule has 0 spiro atoms. The Morgan fingerprint density at radius 3 is 2.46 bits per heavy atom. The molecule has 1 N–H and O–H groups in total. The molecule has 0 radical (unpaired) electrons. The number of aromatic nitrogens is 2. The summed E-state index contributed by atoms with van der Waals surface area (Å²) in [6, 6.07) is 8.58. The Labute approximate surface area is 139 Å². The van der Waals surface area contributed by atoms with Crippen molar-refractivity contribution >= 4 is 15.9 Å². The highest BCUT2D eigenvalue weighted by Gasteiger charge is 2.17. The standard InChI is InChI=1S/C15H18N4O4S/c1-18(2)24(22,23)13-7-5-12(6-8-13)15(21)16-10-11-19-14(20)4-3-9-17-19/h3-9H,10-11H2,1-2H3,(H,16,21). The maximum absolute atomic E-state index is 12.0. The Bertz CT molecular complexity index is 873. The van der Waals surface area contributed by atoms with Crippen molar-refractivity contribution < 1.29 is 13.2 Å². The van der Waals surface area contributed by atoms with Gasteiger partial charge in [0.2, 0.25) is 10.0 Å². The van der Waals surface area contributed by atoms with Gasteiger partial charge in [-0.05, 0) is 30.3 Å². The summed E-state index contributed by atoms with van der Waals surface area (Å²) in [6.07, 6.45) is 1.49. The summed E-state index contributed by atoms with van der Waals surface area (Å²) in [5.41, 5.74) is 0.0890. The summed E-state index contributed by atoms with van der Waals surface area (Å²) in [5.74, 6) is -0.354. The first-order chi connectivity index (χ1) is 11.3. The van der Waals surface area contributed by atoms with E-state index in [9.17, 15) is 18.0 Å². The van der Waals surface area contributed by atoms with E-state index in [-0.39, 0.29) is 29.5 Å². The molecule has 0 bridgehead atoms. The highest BCUT2D eigenvalue weighted by Crippen LogP contribution is 2.13. The first-order valence-corrected chi connectivity index (χ1v) is 8.59. The molecule has 8 nitrogen and oxygen atoms in total. The molecule has 1 aromatic heterocycles. The fraction of sp³-hybridized carbons (Fsp3) is 0.267. The van der Waals surface area contributed by atoms with Crippen molar-refractivity contribution in [2.45, 2.75) is 11.4 Å². The molecule has 0 saturated carbocycles. The van der Waals surface area contributed by atoms with Gasteiger partial charge >= 0.3 is 0 Å². The van der Waals surface area contributed by atoms with Crippen LogP contribution < -0.4 is 10.9 Å². The molecule has 0 aliphatic rings.